The van der Waals surface area contributed by atoms with E-state index in [0.29, 0.717) is 0 Å². The summed E-state index contributed by atoms with van der Waals surface area (Å²) in [6.45, 7) is 2.01. The molecule has 0 aliphatic carbocycles. The lowest BCUT2D eigenvalue weighted by Gasteiger charge is -1.63. The average molecular weight is 115 g/mol. The molecule has 0 bridgehead atoms. The van der Waals surface area contributed by atoms with Crippen molar-refractivity contribution in [2.75, 3.05) is 5.73 Å². The number of H-pyrrole nitrogens is 1. The summed E-state index contributed by atoms with van der Waals surface area (Å²) in [6.07, 6.45) is 1.89. The molecule has 0 unspecified atom stereocenters. The van der Waals surface area contributed by atoms with Gasteiger partial charge in [-0.2, -0.15) is 0 Å². The molecule has 0 aliphatic heterocycles. The van der Waals surface area contributed by atoms with Crippen LogP contribution in [-0.2, 0) is 0 Å². The summed E-state index contributed by atoms with van der Waals surface area (Å²) in [6, 6.07) is 0. The Hall–Kier alpha value is -0.570. The van der Waals surface area contributed by atoms with E-state index in [9.17, 15) is 0 Å². The molecule has 0 radical (unpaired) electrons. The van der Waals surface area contributed by atoms with Crippen molar-refractivity contribution in [3.8, 4) is 0 Å². The molecule has 3 heteroatoms. The van der Waals surface area contributed by atoms with Gasteiger partial charge in [-0.15, -0.1) is 0 Å². The number of anilines is 1. The SMILES string of the molecule is Cc1c[nH+]c(N)s1. The first-order valence-corrected chi connectivity index (χ1v) is 2.84. The highest BCUT2D eigenvalue weighted by atomic mass is 32.1. The summed E-state index contributed by atoms with van der Waals surface area (Å²) < 4.78 is 0. The van der Waals surface area contributed by atoms with Gasteiger partial charge in [0.25, 0.3) is 0 Å². The second-order valence-corrected chi connectivity index (χ2v) is 2.65. The highest BCUT2D eigenvalue weighted by molar-refractivity contribution is 7.14. The number of nitrogens with one attached hydrogen (secondary N) is 1. The Labute approximate surface area is 46.0 Å². The van der Waals surface area contributed by atoms with Gasteiger partial charge in [0.15, 0.2) is 0 Å². The van der Waals surface area contributed by atoms with Gasteiger partial charge in [0.1, 0.15) is 6.20 Å². The fraction of sp³-hybridized carbons (Fsp3) is 0.250. The van der Waals surface area contributed by atoms with Gasteiger partial charge in [-0.25, -0.2) is 4.98 Å². The molecule has 7 heavy (non-hydrogen) atoms. The highest BCUT2D eigenvalue weighted by Crippen LogP contribution is 2.06. The van der Waals surface area contributed by atoms with Gasteiger partial charge in [0.05, 0.1) is 0 Å². The molecule has 1 aromatic rings. The third-order valence-electron chi connectivity index (χ3n) is 0.689. The maximum Gasteiger partial charge on any atom is 0.329 e. The topological polar surface area (TPSA) is 40.2 Å². The van der Waals surface area contributed by atoms with Crippen molar-refractivity contribution in [1.29, 1.82) is 0 Å². The number of thiazole rings is 1. The number of hydrogen-bond acceptors (Lipinski definition) is 2. The molecule has 1 aromatic heterocycles. The van der Waals surface area contributed by atoms with Crippen LogP contribution < -0.4 is 10.7 Å². The standard InChI is InChI=1S/C4H6N2S/c1-3-2-6-4(5)7-3/h2H,1H3,(H2,5,6)/p+1. The van der Waals surface area contributed by atoms with Crippen LogP contribution >= 0.6 is 11.3 Å². The van der Waals surface area contributed by atoms with Crippen molar-refractivity contribution in [3.05, 3.63) is 11.1 Å². The number of nitrogens with two attached hydrogens (primary N) is 1. The molecule has 38 valence electrons. The number of rotatable bonds is 0. The van der Waals surface area contributed by atoms with Crippen molar-refractivity contribution in [2.24, 2.45) is 0 Å². The van der Waals surface area contributed by atoms with E-state index in [1.54, 1.807) is 11.3 Å². The summed E-state index contributed by atoms with van der Waals surface area (Å²) in [5.41, 5.74) is 5.34. The normalized spacial score (nSPS) is 9.29. The van der Waals surface area contributed by atoms with Crippen LogP contribution in [0.15, 0.2) is 6.20 Å². The van der Waals surface area contributed by atoms with Gasteiger partial charge in [-0.05, 0) is 6.92 Å². The molecule has 0 amide bonds. The third-order valence-corrected chi connectivity index (χ3v) is 1.47. The Morgan fingerprint density at radius 2 is 2.57 bits per heavy atom. The minimum absolute atomic E-state index is 0.775. The van der Waals surface area contributed by atoms with Gasteiger partial charge < -0.3 is 0 Å². The Bertz CT molecular complexity index is 142. The van der Waals surface area contributed by atoms with Gasteiger partial charge in [0, 0.05) is 4.88 Å². The van der Waals surface area contributed by atoms with Crippen molar-refractivity contribution in [1.82, 2.24) is 0 Å². The molecule has 2 nitrogen and oxygen atoms in total. The Balaban J connectivity index is 3.04. The fourth-order valence-electron chi connectivity index (χ4n) is 0.405. The predicted molar refractivity (Wildman–Crippen MR) is 30.0 cm³/mol. The van der Waals surface area contributed by atoms with E-state index >= 15 is 0 Å². The first-order chi connectivity index (χ1) is 3.29. The first-order valence-electron chi connectivity index (χ1n) is 2.02. The largest absolute Gasteiger partial charge is 0.329 e. The van der Waals surface area contributed by atoms with E-state index in [1.807, 2.05) is 13.1 Å². The maximum absolute atomic E-state index is 5.34. The molecule has 0 aliphatic rings. The quantitative estimate of drug-likeness (QED) is 0.524. The fourth-order valence-corrected chi connectivity index (χ4v) is 0.988. The summed E-state index contributed by atoms with van der Waals surface area (Å²) in [5.74, 6) is 0. The molecule has 0 saturated heterocycles. The molecule has 0 saturated carbocycles. The van der Waals surface area contributed by atoms with Gasteiger partial charge in [-0.1, -0.05) is 11.3 Å². The van der Waals surface area contributed by atoms with Crippen LogP contribution in [0.1, 0.15) is 4.88 Å². The lowest BCUT2D eigenvalue weighted by molar-refractivity contribution is -0.354. The maximum atomic E-state index is 5.34. The zero-order chi connectivity index (χ0) is 5.28. The lowest BCUT2D eigenvalue weighted by atomic mass is 10.7. The van der Waals surface area contributed by atoms with E-state index in [1.165, 1.54) is 4.88 Å². The highest BCUT2D eigenvalue weighted by Gasteiger charge is 1.93. The van der Waals surface area contributed by atoms with Gasteiger partial charge >= 0.3 is 5.13 Å². The third kappa shape index (κ3) is 0.899. The Morgan fingerprint density at radius 3 is 2.71 bits per heavy atom. The van der Waals surface area contributed by atoms with Crippen LogP contribution in [0.4, 0.5) is 5.13 Å². The second-order valence-electron chi connectivity index (χ2n) is 1.37. The van der Waals surface area contributed by atoms with Crippen LogP contribution in [0.25, 0.3) is 0 Å². The molecular formula is C4H7N2S+. The van der Waals surface area contributed by atoms with E-state index in [2.05, 4.69) is 4.98 Å². The van der Waals surface area contributed by atoms with Crippen LogP contribution in [0, 0.1) is 6.92 Å². The van der Waals surface area contributed by atoms with E-state index in [0.717, 1.165) is 5.13 Å². The summed E-state index contributed by atoms with van der Waals surface area (Å²) in [7, 11) is 0. The van der Waals surface area contributed by atoms with Gasteiger partial charge in [-0.3, -0.25) is 5.73 Å². The van der Waals surface area contributed by atoms with Gasteiger partial charge in [0.2, 0.25) is 0 Å². The summed E-state index contributed by atoms with van der Waals surface area (Å²) in [5, 5.41) is 0.775. The summed E-state index contributed by atoms with van der Waals surface area (Å²) in [4.78, 5) is 4.08. The Morgan fingerprint density at radius 1 is 1.86 bits per heavy atom. The minimum atomic E-state index is 0.775. The first kappa shape index (κ1) is 4.59. The molecule has 0 atom stereocenters. The number of aromatic nitrogens is 1. The number of aromatic amines is 1. The molecule has 3 N–H and O–H groups in total. The molecule has 0 aromatic carbocycles. The van der Waals surface area contributed by atoms with Crippen molar-refractivity contribution < 1.29 is 4.98 Å². The average Bonchev–Trinajstić information content (AvgIpc) is 1.87. The molecule has 1 heterocycles. The zero-order valence-electron chi connectivity index (χ0n) is 4.06. The zero-order valence-corrected chi connectivity index (χ0v) is 4.88. The molecular weight excluding hydrogens is 108 g/mol. The molecule has 1 rings (SSSR count). The van der Waals surface area contributed by atoms with Crippen LogP contribution in [0.2, 0.25) is 0 Å². The van der Waals surface area contributed by atoms with Crippen LogP contribution in [0.5, 0.6) is 0 Å². The monoisotopic (exact) mass is 115 g/mol. The number of hydrogen-bond donors (Lipinski definition) is 1. The Kier molecular flexibility index (Phi) is 0.982. The van der Waals surface area contributed by atoms with Crippen molar-refractivity contribution in [2.45, 2.75) is 6.92 Å². The smallest absolute Gasteiger partial charge is 0.278 e. The molecule has 0 fully saturated rings. The van der Waals surface area contributed by atoms with E-state index in [4.69, 9.17) is 5.73 Å². The van der Waals surface area contributed by atoms with Crippen LogP contribution in [-0.4, -0.2) is 0 Å². The number of nitrogen functional groups attached to an aromatic ring is 1. The van der Waals surface area contributed by atoms with Crippen LogP contribution in [0.3, 0.4) is 0 Å². The van der Waals surface area contributed by atoms with Crippen molar-refractivity contribution in [3.63, 3.8) is 0 Å². The lowest BCUT2D eigenvalue weighted by Crippen LogP contribution is -2.00. The molecule has 0 spiro atoms. The summed E-state index contributed by atoms with van der Waals surface area (Å²) >= 11 is 1.56. The van der Waals surface area contributed by atoms with E-state index < -0.39 is 0 Å². The minimum Gasteiger partial charge on any atom is -0.278 e. The predicted octanol–water partition coefficient (Wildman–Crippen LogP) is 0.453. The second kappa shape index (κ2) is 1.50. The number of aryl methyl sites for hydroxylation is 1. The van der Waals surface area contributed by atoms with E-state index in [-0.39, 0.29) is 0 Å². The van der Waals surface area contributed by atoms with Crippen molar-refractivity contribution >= 4 is 16.5 Å².